The first-order valence-corrected chi connectivity index (χ1v) is 49.3. The minimum absolute atomic E-state index is 0. The topological polar surface area (TPSA) is 184 Å². The first-order chi connectivity index (χ1) is 54.7. The highest BCUT2D eigenvalue weighted by atomic mass is 16.6. The molecule has 9 saturated carbocycles. The highest BCUT2D eigenvalue weighted by molar-refractivity contribution is 5.79. The van der Waals surface area contributed by atoms with Crippen LogP contribution in [0.2, 0.25) is 0 Å². The number of ether oxygens (including phenoxy) is 7. The molecule has 2 bridgehead atoms. The Balaban J connectivity index is -0.000000127. The molecule has 9 aliphatic rings. The van der Waals surface area contributed by atoms with Crippen LogP contribution in [0.4, 0.5) is 0 Å². The molecule has 14 heteroatoms. The lowest BCUT2D eigenvalue weighted by Gasteiger charge is -2.47. The fourth-order valence-corrected chi connectivity index (χ4v) is 18.9. The van der Waals surface area contributed by atoms with Crippen LogP contribution in [0.25, 0.3) is 0 Å². The van der Waals surface area contributed by atoms with E-state index >= 15 is 0 Å². The molecule has 14 nitrogen and oxygen atoms in total. The zero-order valence-corrected chi connectivity index (χ0v) is 84.2. The van der Waals surface area contributed by atoms with Gasteiger partial charge in [0.05, 0.1) is 37.9 Å². The minimum atomic E-state index is -0.370. The summed E-state index contributed by atoms with van der Waals surface area (Å²) < 4.78 is 41.0. The van der Waals surface area contributed by atoms with Crippen molar-refractivity contribution in [2.45, 2.75) is 654 Å². The largest absolute Gasteiger partial charge is 0.459 e. The minimum Gasteiger partial charge on any atom is -0.459 e. The highest BCUT2D eigenvalue weighted by Crippen LogP contribution is 2.71. The maximum Gasteiger partial charge on any atom is 0.312 e. The molecular formula is C119H248O14. The van der Waals surface area contributed by atoms with Gasteiger partial charge in [-0.05, 0) is 387 Å². The van der Waals surface area contributed by atoms with E-state index in [2.05, 4.69) is 96.9 Å². The van der Waals surface area contributed by atoms with E-state index in [1.54, 1.807) is 0 Å². The van der Waals surface area contributed by atoms with Crippen LogP contribution in [-0.2, 0) is 66.7 Å². The molecule has 0 N–H and O–H groups in total. The average molecular weight is 1900 g/mol. The third-order valence-corrected chi connectivity index (χ3v) is 33.1. The van der Waals surface area contributed by atoms with E-state index in [-0.39, 0.29) is 234 Å². The van der Waals surface area contributed by atoms with Crippen molar-refractivity contribution in [3.8, 4) is 0 Å². The van der Waals surface area contributed by atoms with E-state index in [0.717, 1.165) is 89.9 Å². The molecule has 0 spiro atoms. The summed E-state index contributed by atoms with van der Waals surface area (Å²) in [5, 5.41) is 0. The van der Waals surface area contributed by atoms with Crippen LogP contribution in [-0.4, -0.2) is 81.0 Å². The van der Waals surface area contributed by atoms with Crippen LogP contribution in [0.1, 0.15) is 615 Å². The lowest BCUT2D eigenvalue weighted by atomic mass is 9.65. The van der Waals surface area contributed by atoms with Crippen molar-refractivity contribution in [3.05, 3.63) is 0 Å². The molecule has 9 fully saturated rings. The molecule has 0 aromatic heterocycles. The first-order valence-electron chi connectivity index (χ1n) is 49.3. The normalized spacial score (nSPS) is 21.3. The van der Waals surface area contributed by atoms with Crippen LogP contribution in [0.15, 0.2) is 0 Å². The van der Waals surface area contributed by atoms with Crippen LogP contribution >= 0.6 is 0 Å². The molecule has 808 valence electrons. The van der Waals surface area contributed by atoms with Gasteiger partial charge < -0.3 is 33.2 Å². The summed E-state index contributed by atoms with van der Waals surface area (Å²) in [6.45, 7) is 67.9. The van der Waals surface area contributed by atoms with E-state index < -0.39 is 0 Å². The molecule has 9 rings (SSSR count). The zero-order chi connectivity index (χ0) is 91.0. The Morgan fingerprint density at radius 3 is 0.639 bits per heavy atom. The summed E-state index contributed by atoms with van der Waals surface area (Å²) in [5.74, 6) is 2.72. The van der Waals surface area contributed by atoms with Crippen molar-refractivity contribution in [2.75, 3.05) is 0 Å². The predicted octanol–water partition coefficient (Wildman–Crippen LogP) is 38.7. The highest BCUT2D eigenvalue weighted by Gasteiger charge is 2.69. The fraction of sp³-hybridized carbons (Fsp3) is 0.941. The van der Waals surface area contributed by atoms with Gasteiger partial charge in [-0.2, -0.15) is 0 Å². The summed E-state index contributed by atoms with van der Waals surface area (Å²) in [6.07, 6.45) is 50.6. The van der Waals surface area contributed by atoms with Crippen LogP contribution in [0.3, 0.4) is 0 Å². The molecular weight excluding hydrogens is 1650 g/mol. The Kier molecular flexibility index (Phi) is 75.2. The van der Waals surface area contributed by atoms with E-state index in [9.17, 15) is 33.6 Å². The van der Waals surface area contributed by atoms with Crippen molar-refractivity contribution in [1.29, 1.82) is 0 Å². The number of esters is 7. The van der Waals surface area contributed by atoms with Crippen molar-refractivity contribution in [1.82, 2.24) is 0 Å². The molecule has 3 unspecified atom stereocenters. The van der Waals surface area contributed by atoms with Gasteiger partial charge in [0, 0.05) is 5.41 Å². The van der Waals surface area contributed by atoms with Gasteiger partial charge in [-0.15, -0.1) is 0 Å². The summed E-state index contributed by atoms with van der Waals surface area (Å²) in [4.78, 5) is 85.3. The Labute approximate surface area is 836 Å². The Bertz CT molecular complexity index is 3030. The lowest BCUT2D eigenvalue weighted by molar-refractivity contribution is -0.187. The molecule has 9 aliphatic carbocycles. The fourth-order valence-electron chi connectivity index (χ4n) is 18.9. The predicted molar refractivity (Wildman–Crippen MR) is 586 cm³/mol. The molecule has 133 heavy (non-hydrogen) atoms. The first kappa shape index (κ1) is 155. The monoisotopic (exact) mass is 1900 g/mol. The van der Waals surface area contributed by atoms with Crippen LogP contribution < -0.4 is 0 Å². The maximum absolute atomic E-state index is 12.8. The second-order valence-corrected chi connectivity index (χ2v) is 46.5. The Hall–Kier alpha value is -3.71. The van der Waals surface area contributed by atoms with Crippen molar-refractivity contribution in [2.24, 2.45) is 78.3 Å². The third kappa shape index (κ3) is 44.6. The standard InChI is InChI=1S/C20H36O2.C17H30O2.C15H28O2.2C14H26O2.C13H24O2.C12H22O2.14CH4/c1-5-19(2,3)18(21)22-20(4,16-12-8-6-9-13-16)17-14-10-7-11-15-17;1-8-14(2,3)13(18)19-17(7)11-12-9-10-16(17,6)15(12,4)5;1-6-14(2,3)13(16)17-15(4,5)12-10-8-7-9-11-12;1-6-13(2,3)12(15)16-14(4,5)11-9-7-8-10-11;1-5-13(2,3)12(15)16-14(4)10-8-6-7-9-11-14;1-5-12(2,3)11(14)15-13(4)9-7-6-8-10-13;1-5-11(2,3)10(13)14-12(4)8-6-7-9-12;;;;;;;;;;;;;;/h16-17H,5-15H2,1-4H3;12H,8-11H2,1-7H3;12H,6-11H2,1-5H3;11H,6-10H2,1-5H3;5-11H2,1-4H3;5-10H2,1-4H3;5-9H2,1-4H3;14*1H4. The number of hydrogen-bond donors (Lipinski definition) is 0. The molecule has 3 atom stereocenters. The SMILES string of the molecule is C.C.C.C.C.C.C.C.C.C.C.C.C.C.CCC(C)(C)C(=O)OC(C)(C)C1CCCC1.CCC(C)(C)C(=O)OC(C)(C)C1CCCCC1.CCC(C)(C)C(=O)OC(C)(C1CCCCC1)C1CCCCC1.CCC(C)(C)C(=O)OC1(C)CC2CCC1(C)C2(C)C.CCC(C)(C)C(=O)OC1(C)CCCC1.CCC(C)(C)C(=O)OC1(C)CCCCC1.CCC(C)(C)C(=O)OC1(C)CCCCCC1. The molecule has 0 aromatic rings. The van der Waals surface area contributed by atoms with Gasteiger partial charge in [-0.25, -0.2) is 0 Å². The molecule has 0 aliphatic heterocycles. The quantitative estimate of drug-likeness (QED) is 0.0478. The third-order valence-electron chi connectivity index (χ3n) is 33.1. The van der Waals surface area contributed by atoms with Gasteiger partial charge in [-0.1, -0.05) is 263 Å². The number of carbonyl (C=O) groups excluding carboxylic acids is 7. The molecule has 0 amide bonds. The summed E-state index contributed by atoms with van der Waals surface area (Å²) in [6, 6.07) is 0. The van der Waals surface area contributed by atoms with E-state index in [0.29, 0.717) is 29.6 Å². The van der Waals surface area contributed by atoms with Crippen molar-refractivity contribution in [3.63, 3.8) is 0 Å². The molecule has 0 saturated heterocycles. The van der Waals surface area contributed by atoms with E-state index in [1.165, 1.54) is 193 Å². The maximum atomic E-state index is 12.8. The summed E-state index contributed by atoms with van der Waals surface area (Å²) in [5.41, 5.74) is -3.73. The second kappa shape index (κ2) is 64.7. The lowest BCUT2D eigenvalue weighted by Crippen LogP contribution is -2.49. The smallest absolute Gasteiger partial charge is 0.312 e. The number of rotatable bonds is 25. The van der Waals surface area contributed by atoms with Gasteiger partial charge in [-0.3, -0.25) is 33.6 Å². The van der Waals surface area contributed by atoms with Gasteiger partial charge in [0.2, 0.25) is 0 Å². The summed E-state index contributed by atoms with van der Waals surface area (Å²) in [7, 11) is 0. The van der Waals surface area contributed by atoms with Crippen molar-refractivity contribution < 1.29 is 66.7 Å². The number of carbonyl (C=O) groups is 7. The summed E-state index contributed by atoms with van der Waals surface area (Å²) >= 11 is 0. The van der Waals surface area contributed by atoms with Gasteiger partial charge in [0.15, 0.2) is 0 Å². The Morgan fingerprint density at radius 1 is 0.233 bits per heavy atom. The number of hydrogen-bond acceptors (Lipinski definition) is 14. The van der Waals surface area contributed by atoms with Gasteiger partial charge >= 0.3 is 41.8 Å². The average Bonchev–Trinajstić information content (AvgIpc) is 1.53. The zero-order valence-electron chi connectivity index (χ0n) is 84.2. The van der Waals surface area contributed by atoms with E-state index in [1.807, 2.05) is 132 Å². The number of fused-ring (bicyclic) bond motifs is 2. The van der Waals surface area contributed by atoms with E-state index in [4.69, 9.17) is 33.2 Å². The second-order valence-electron chi connectivity index (χ2n) is 46.5. The molecule has 0 aromatic carbocycles. The molecule has 0 heterocycles. The molecule has 0 radical (unpaired) electrons. The van der Waals surface area contributed by atoms with Crippen molar-refractivity contribution >= 4 is 41.8 Å². The van der Waals surface area contributed by atoms with Crippen LogP contribution in [0, 0.1) is 78.3 Å². The van der Waals surface area contributed by atoms with Gasteiger partial charge in [0.1, 0.15) is 39.2 Å². The van der Waals surface area contributed by atoms with Crippen LogP contribution in [0.5, 0.6) is 0 Å². The van der Waals surface area contributed by atoms with Gasteiger partial charge in [0.25, 0.3) is 0 Å². The Morgan fingerprint density at radius 2 is 0.421 bits per heavy atom.